The van der Waals surface area contributed by atoms with Crippen molar-refractivity contribution in [3.8, 4) is 0 Å². The molecule has 1 saturated heterocycles. The zero-order valence-electron chi connectivity index (χ0n) is 19.7. The van der Waals surface area contributed by atoms with Crippen LogP contribution in [0.2, 0.25) is 0 Å². The molecule has 6 N–H and O–H groups in total. The van der Waals surface area contributed by atoms with E-state index in [2.05, 4.69) is 10.6 Å². The van der Waals surface area contributed by atoms with Crippen LogP contribution in [-0.2, 0) is 9.59 Å². The van der Waals surface area contributed by atoms with Crippen molar-refractivity contribution in [1.82, 2.24) is 20.4 Å². The molecule has 1 aliphatic rings. The van der Waals surface area contributed by atoms with Crippen molar-refractivity contribution < 1.29 is 30.0 Å². The summed E-state index contributed by atoms with van der Waals surface area (Å²) in [7, 11) is 0. The minimum atomic E-state index is -0.520. The van der Waals surface area contributed by atoms with E-state index in [0.717, 1.165) is 38.8 Å². The van der Waals surface area contributed by atoms with Crippen LogP contribution in [0.5, 0.6) is 0 Å². The van der Waals surface area contributed by atoms with E-state index in [9.17, 15) is 19.8 Å². The number of rotatable bonds is 18. The smallest absolute Gasteiger partial charge is 0.243 e. The lowest BCUT2D eigenvalue weighted by atomic mass is 10.0. The quantitative estimate of drug-likeness (QED) is 0.138. The number of nitrogens with one attached hydrogen (secondary N) is 2. The predicted octanol–water partition coefficient (Wildman–Crippen LogP) is -1.34. The Morgan fingerprint density at radius 3 is 1.41 bits per heavy atom. The van der Waals surface area contributed by atoms with Gasteiger partial charge >= 0.3 is 0 Å². The fourth-order valence-electron chi connectivity index (χ4n) is 4.07. The van der Waals surface area contributed by atoms with Crippen molar-refractivity contribution in [2.45, 2.75) is 76.7 Å². The van der Waals surface area contributed by atoms with Gasteiger partial charge in [-0.15, -0.1) is 0 Å². The first-order valence-electron chi connectivity index (χ1n) is 11.9. The van der Waals surface area contributed by atoms with Gasteiger partial charge < -0.3 is 31.1 Å². The van der Waals surface area contributed by atoms with E-state index >= 15 is 0 Å². The van der Waals surface area contributed by atoms with E-state index in [4.69, 9.17) is 10.2 Å². The van der Waals surface area contributed by atoms with Crippen LogP contribution in [0.3, 0.4) is 0 Å². The number of hydrogen-bond acceptors (Lipinski definition) is 8. The number of amides is 2. The second-order valence-electron chi connectivity index (χ2n) is 8.86. The molecule has 2 amide bonds. The molecule has 0 aromatic carbocycles. The summed E-state index contributed by atoms with van der Waals surface area (Å²) in [5, 5.41) is 42.9. The van der Waals surface area contributed by atoms with Gasteiger partial charge in [0.1, 0.15) is 12.1 Å². The molecule has 4 atom stereocenters. The highest BCUT2D eigenvalue weighted by atomic mass is 16.3. The van der Waals surface area contributed by atoms with Crippen LogP contribution in [-0.4, -0.2) is 119 Å². The first-order valence-corrected chi connectivity index (χ1v) is 11.9. The molecule has 1 rings (SSSR count). The van der Waals surface area contributed by atoms with Gasteiger partial charge in [-0.2, -0.15) is 0 Å². The highest BCUT2D eigenvalue weighted by Gasteiger charge is 2.32. The largest absolute Gasteiger partial charge is 0.395 e. The molecule has 0 unspecified atom stereocenters. The summed E-state index contributed by atoms with van der Waals surface area (Å²) in [6.45, 7) is 6.95. The summed E-state index contributed by atoms with van der Waals surface area (Å²) < 4.78 is 0. The Hall–Kier alpha value is -1.30. The van der Waals surface area contributed by atoms with Gasteiger partial charge in [-0.3, -0.25) is 19.4 Å². The first-order chi connectivity index (χ1) is 15.3. The number of nitrogens with zero attached hydrogens (tertiary/aromatic N) is 2. The Balaban J connectivity index is 2.29. The van der Waals surface area contributed by atoms with Crippen LogP contribution < -0.4 is 10.6 Å². The maximum atomic E-state index is 12.4. The molecule has 1 aliphatic heterocycles. The van der Waals surface area contributed by atoms with Crippen molar-refractivity contribution in [3.63, 3.8) is 0 Å². The van der Waals surface area contributed by atoms with Crippen LogP contribution in [0.15, 0.2) is 0 Å². The zero-order valence-corrected chi connectivity index (χ0v) is 19.7. The minimum absolute atomic E-state index is 0.0369. The Labute approximate surface area is 192 Å². The van der Waals surface area contributed by atoms with Crippen molar-refractivity contribution >= 4 is 11.8 Å². The summed E-state index contributed by atoms with van der Waals surface area (Å²) in [5.74, 6) is -0.302. The molecule has 1 heterocycles. The van der Waals surface area contributed by atoms with Gasteiger partial charge in [-0.1, -0.05) is 0 Å². The Bertz CT molecular complexity index is 489. The Morgan fingerprint density at radius 1 is 0.719 bits per heavy atom. The highest BCUT2D eigenvalue weighted by molar-refractivity contribution is 5.96. The molecule has 0 aromatic rings. The number of piperazine rings is 1. The summed E-state index contributed by atoms with van der Waals surface area (Å²) in [4.78, 5) is 28.8. The molecule has 0 aliphatic carbocycles. The predicted molar refractivity (Wildman–Crippen MR) is 122 cm³/mol. The van der Waals surface area contributed by atoms with Gasteiger partial charge in [-0.05, 0) is 65.5 Å². The molecule has 0 saturated carbocycles. The molecular formula is C22H44N4O6. The number of unbranched alkanes of at least 4 members (excludes halogenated alkanes) is 2. The average molecular weight is 461 g/mol. The van der Waals surface area contributed by atoms with Crippen LogP contribution in [0.4, 0.5) is 0 Å². The summed E-state index contributed by atoms with van der Waals surface area (Å²) in [6, 6.07) is -1.04. The van der Waals surface area contributed by atoms with E-state index in [1.807, 2.05) is 9.80 Å². The summed E-state index contributed by atoms with van der Waals surface area (Å²) >= 11 is 0. The summed E-state index contributed by atoms with van der Waals surface area (Å²) in [5.41, 5.74) is 0. The topological polar surface area (TPSA) is 146 Å². The number of hydrogen-bond donors (Lipinski definition) is 6. The van der Waals surface area contributed by atoms with Gasteiger partial charge in [0.2, 0.25) is 11.8 Å². The maximum Gasteiger partial charge on any atom is 0.243 e. The molecule has 0 bridgehead atoms. The van der Waals surface area contributed by atoms with Crippen LogP contribution >= 0.6 is 0 Å². The normalized spacial score (nSPS) is 21.0. The molecule has 0 spiro atoms. The number of aliphatic hydroxyl groups is 4. The third kappa shape index (κ3) is 12.1. The monoisotopic (exact) mass is 460 g/mol. The average Bonchev–Trinajstić information content (AvgIpc) is 2.70. The van der Waals surface area contributed by atoms with Crippen LogP contribution in [0.25, 0.3) is 0 Å². The second-order valence-corrected chi connectivity index (χ2v) is 8.86. The third-order valence-electron chi connectivity index (χ3n) is 5.58. The molecule has 0 aromatic heterocycles. The molecular weight excluding hydrogens is 416 g/mol. The lowest BCUT2D eigenvalue weighted by Crippen LogP contribution is -2.61. The van der Waals surface area contributed by atoms with Gasteiger partial charge in [0.05, 0.1) is 25.4 Å². The molecule has 1 fully saturated rings. The summed E-state index contributed by atoms with van der Waals surface area (Å²) in [6.07, 6.45) is 3.33. The highest BCUT2D eigenvalue weighted by Crippen LogP contribution is 2.11. The van der Waals surface area contributed by atoms with E-state index in [-0.39, 0.29) is 25.0 Å². The van der Waals surface area contributed by atoms with E-state index in [1.165, 1.54) is 0 Å². The van der Waals surface area contributed by atoms with Crippen molar-refractivity contribution in [3.05, 3.63) is 0 Å². The first kappa shape index (κ1) is 28.7. The van der Waals surface area contributed by atoms with Crippen LogP contribution in [0, 0.1) is 0 Å². The van der Waals surface area contributed by atoms with Crippen molar-refractivity contribution in [2.75, 3.05) is 52.5 Å². The van der Waals surface area contributed by atoms with Gasteiger partial charge in [0, 0.05) is 26.2 Å². The lowest BCUT2D eigenvalue weighted by molar-refractivity contribution is -0.137. The zero-order chi connectivity index (χ0) is 23.9. The molecule has 0 radical (unpaired) electrons. The molecule has 188 valence electrons. The second kappa shape index (κ2) is 16.3. The number of aliphatic hydroxyl groups excluding tert-OH is 4. The van der Waals surface area contributed by atoms with Crippen molar-refractivity contribution in [2.24, 2.45) is 0 Å². The maximum absolute atomic E-state index is 12.4. The van der Waals surface area contributed by atoms with E-state index < -0.39 is 24.3 Å². The molecule has 32 heavy (non-hydrogen) atoms. The fourth-order valence-corrected chi connectivity index (χ4v) is 4.07. The van der Waals surface area contributed by atoms with E-state index in [1.54, 1.807) is 13.8 Å². The van der Waals surface area contributed by atoms with Gasteiger partial charge in [-0.25, -0.2) is 0 Å². The van der Waals surface area contributed by atoms with Crippen LogP contribution in [0.1, 0.15) is 52.4 Å². The fraction of sp³-hybridized carbons (Fsp3) is 0.909. The van der Waals surface area contributed by atoms with Crippen molar-refractivity contribution in [1.29, 1.82) is 0 Å². The molecule has 10 nitrogen and oxygen atoms in total. The number of carbonyl (C=O) groups excluding carboxylic acids is 2. The lowest BCUT2D eigenvalue weighted by Gasteiger charge is -2.30. The Morgan fingerprint density at radius 2 is 1.09 bits per heavy atom. The van der Waals surface area contributed by atoms with E-state index in [0.29, 0.717) is 39.0 Å². The van der Waals surface area contributed by atoms with Gasteiger partial charge in [0.25, 0.3) is 0 Å². The number of carbonyl (C=O) groups is 2. The Kier molecular flexibility index (Phi) is 14.7. The minimum Gasteiger partial charge on any atom is -0.395 e. The SMILES string of the molecule is C[C@@H](O)CN(CCO)CCCC[C@@H]1NC(=O)[C@@H](CCCCN(CCO)C[C@@H](C)O)NC1=O. The molecule has 10 heteroatoms. The third-order valence-corrected chi connectivity index (χ3v) is 5.58. The standard InChI is InChI=1S/C22H44N4O6/c1-17(29)15-25(11-13-27)9-5-3-7-19-21(31)24-20(22(32)23-19)8-4-6-10-26(12-14-28)16-18(2)30/h17-20,27-30H,3-16H2,1-2H3,(H,23,32)(H,24,31)/t17-,18-,19-,20+/m1/s1. The van der Waals surface area contributed by atoms with Gasteiger partial charge in [0.15, 0.2) is 0 Å².